The zero-order valence-corrected chi connectivity index (χ0v) is 11.0. The Morgan fingerprint density at radius 2 is 2.12 bits per heavy atom. The minimum Gasteiger partial charge on any atom is -0.370 e. The molecule has 5 nitrogen and oxygen atoms in total. The molecule has 1 saturated carbocycles. The number of nitrogens with zero attached hydrogens (tertiary/aromatic N) is 1. The fraction of sp³-hybridized carbons (Fsp3) is 0.833. The number of hydrogen-bond donors (Lipinski definition) is 3. The van der Waals surface area contributed by atoms with E-state index in [4.69, 9.17) is 5.73 Å². The average molecular weight is 240 g/mol. The topological polar surface area (TPSA) is 79.5 Å². The van der Waals surface area contributed by atoms with Gasteiger partial charge < -0.3 is 16.4 Å². The fourth-order valence-corrected chi connectivity index (χ4v) is 1.69. The molecule has 0 unspecified atom stereocenters. The van der Waals surface area contributed by atoms with Crippen LogP contribution < -0.4 is 16.4 Å². The van der Waals surface area contributed by atoms with Crippen molar-refractivity contribution in [3.63, 3.8) is 0 Å². The maximum absolute atomic E-state index is 11.5. The van der Waals surface area contributed by atoms with Crippen LogP contribution in [0.5, 0.6) is 0 Å². The van der Waals surface area contributed by atoms with Crippen molar-refractivity contribution in [2.75, 3.05) is 20.1 Å². The first-order valence-electron chi connectivity index (χ1n) is 6.21. The lowest BCUT2D eigenvalue weighted by atomic mass is 9.85. The zero-order chi connectivity index (χ0) is 12.9. The van der Waals surface area contributed by atoms with E-state index in [1.807, 2.05) is 13.8 Å². The summed E-state index contributed by atoms with van der Waals surface area (Å²) in [6.07, 6.45) is 3.89. The third-order valence-corrected chi connectivity index (χ3v) is 3.28. The van der Waals surface area contributed by atoms with E-state index in [0.717, 1.165) is 12.5 Å². The van der Waals surface area contributed by atoms with Gasteiger partial charge in [0.1, 0.15) is 0 Å². The van der Waals surface area contributed by atoms with E-state index in [2.05, 4.69) is 15.6 Å². The molecule has 1 aliphatic carbocycles. The Morgan fingerprint density at radius 1 is 1.47 bits per heavy atom. The first-order chi connectivity index (χ1) is 7.95. The van der Waals surface area contributed by atoms with Crippen molar-refractivity contribution in [1.29, 1.82) is 0 Å². The number of guanidine groups is 1. The predicted octanol–water partition coefficient (Wildman–Crippen LogP) is 0.463. The molecule has 17 heavy (non-hydrogen) atoms. The number of amides is 1. The van der Waals surface area contributed by atoms with E-state index in [1.54, 1.807) is 7.05 Å². The minimum atomic E-state index is -0.516. The van der Waals surface area contributed by atoms with Crippen molar-refractivity contribution in [3.05, 3.63) is 0 Å². The number of nitrogens with two attached hydrogens (primary N) is 1. The Balaban J connectivity index is 2.32. The van der Waals surface area contributed by atoms with E-state index in [1.165, 1.54) is 19.3 Å². The van der Waals surface area contributed by atoms with Crippen LogP contribution in [0.1, 0.15) is 33.1 Å². The molecule has 0 heterocycles. The van der Waals surface area contributed by atoms with Gasteiger partial charge >= 0.3 is 0 Å². The Kier molecular flexibility index (Phi) is 4.78. The molecule has 0 aromatic carbocycles. The molecule has 1 rings (SSSR count). The van der Waals surface area contributed by atoms with Crippen molar-refractivity contribution >= 4 is 11.9 Å². The van der Waals surface area contributed by atoms with Crippen LogP contribution in [0.2, 0.25) is 0 Å². The van der Waals surface area contributed by atoms with Gasteiger partial charge in [0.25, 0.3) is 0 Å². The second-order valence-corrected chi connectivity index (χ2v) is 5.34. The first-order valence-corrected chi connectivity index (χ1v) is 6.21. The van der Waals surface area contributed by atoms with Gasteiger partial charge in [-0.2, -0.15) is 0 Å². The van der Waals surface area contributed by atoms with E-state index < -0.39 is 5.41 Å². The molecule has 0 spiro atoms. The van der Waals surface area contributed by atoms with Gasteiger partial charge in [0.15, 0.2) is 5.96 Å². The molecule has 0 aromatic rings. The summed E-state index contributed by atoms with van der Waals surface area (Å²) in [4.78, 5) is 15.7. The van der Waals surface area contributed by atoms with E-state index in [0.29, 0.717) is 12.5 Å². The largest absolute Gasteiger partial charge is 0.370 e. The quantitative estimate of drug-likeness (QED) is 0.482. The maximum Gasteiger partial charge on any atom is 0.227 e. The number of hydrogen-bond acceptors (Lipinski definition) is 2. The van der Waals surface area contributed by atoms with E-state index >= 15 is 0 Å². The molecule has 0 atom stereocenters. The highest BCUT2D eigenvalue weighted by atomic mass is 16.2. The fourth-order valence-electron chi connectivity index (χ4n) is 1.69. The van der Waals surface area contributed by atoms with Crippen LogP contribution in [0.4, 0.5) is 0 Å². The van der Waals surface area contributed by atoms with Crippen LogP contribution >= 0.6 is 0 Å². The van der Waals surface area contributed by atoms with E-state index in [9.17, 15) is 4.79 Å². The van der Waals surface area contributed by atoms with Gasteiger partial charge in [0, 0.05) is 13.6 Å². The molecule has 0 bridgehead atoms. The molecule has 0 aliphatic heterocycles. The minimum absolute atomic E-state index is 0.0203. The number of aliphatic imine (C=N–C) groups is 1. The lowest BCUT2D eigenvalue weighted by Crippen LogP contribution is -2.40. The van der Waals surface area contributed by atoms with Crippen LogP contribution in [0.15, 0.2) is 4.99 Å². The molecule has 5 heteroatoms. The molecule has 0 saturated heterocycles. The highest BCUT2D eigenvalue weighted by Gasteiger charge is 2.26. The molecular formula is C12H24N4O. The lowest BCUT2D eigenvalue weighted by Gasteiger charge is -2.26. The normalized spacial score (nSPS) is 17.5. The monoisotopic (exact) mass is 240 g/mol. The maximum atomic E-state index is 11.5. The molecular weight excluding hydrogens is 216 g/mol. The van der Waals surface area contributed by atoms with Crippen molar-refractivity contribution in [2.24, 2.45) is 22.1 Å². The SMILES string of the molecule is CNC(=O)C(C)(C)CN=C(N)NCC1CCC1. The number of nitrogens with one attached hydrogen (secondary N) is 2. The smallest absolute Gasteiger partial charge is 0.227 e. The van der Waals surface area contributed by atoms with Crippen molar-refractivity contribution < 1.29 is 4.79 Å². The second-order valence-electron chi connectivity index (χ2n) is 5.34. The number of carbonyl (C=O) groups is 1. The summed E-state index contributed by atoms with van der Waals surface area (Å²) in [5.74, 6) is 1.16. The van der Waals surface area contributed by atoms with Gasteiger partial charge in [0.2, 0.25) is 5.91 Å². The average Bonchev–Trinajstić information content (AvgIpc) is 2.23. The first kappa shape index (κ1) is 13.8. The van der Waals surface area contributed by atoms with Crippen LogP contribution in [0.25, 0.3) is 0 Å². The molecule has 0 radical (unpaired) electrons. The third-order valence-electron chi connectivity index (χ3n) is 3.28. The van der Waals surface area contributed by atoms with Crippen LogP contribution in [0, 0.1) is 11.3 Å². The highest BCUT2D eigenvalue weighted by Crippen LogP contribution is 2.25. The van der Waals surface area contributed by atoms with Crippen LogP contribution in [-0.2, 0) is 4.79 Å². The van der Waals surface area contributed by atoms with Gasteiger partial charge in [-0.15, -0.1) is 0 Å². The zero-order valence-electron chi connectivity index (χ0n) is 11.0. The van der Waals surface area contributed by atoms with Gasteiger partial charge in [0.05, 0.1) is 12.0 Å². The summed E-state index contributed by atoms with van der Waals surface area (Å²) in [6.45, 7) is 5.01. The Labute approximate surface area is 103 Å². The molecule has 1 amide bonds. The Hall–Kier alpha value is -1.26. The molecule has 1 aliphatic rings. The second kappa shape index (κ2) is 5.89. The van der Waals surface area contributed by atoms with Crippen LogP contribution in [0.3, 0.4) is 0 Å². The molecule has 0 aromatic heterocycles. The summed E-state index contributed by atoms with van der Waals surface area (Å²) >= 11 is 0. The van der Waals surface area contributed by atoms with Gasteiger partial charge in [-0.1, -0.05) is 6.42 Å². The number of carbonyl (C=O) groups excluding carboxylic acids is 1. The highest BCUT2D eigenvalue weighted by molar-refractivity contribution is 5.83. The van der Waals surface area contributed by atoms with Gasteiger partial charge in [-0.3, -0.25) is 9.79 Å². The number of rotatable bonds is 5. The summed E-state index contributed by atoms with van der Waals surface area (Å²) in [7, 11) is 1.63. The van der Waals surface area contributed by atoms with Gasteiger partial charge in [-0.05, 0) is 32.6 Å². The Bertz CT molecular complexity index is 295. The Morgan fingerprint density at radius 3 is 2.59 bits per heavy atom. The standard InChI is InChI=1S/C12H24N4O/c1-12(2,10(17)14-3)8-16-11(13)15-7-9-5-4-6-9/h9H,4-8H2,1-3H3,(H,14,17)(H3,13,15,16). The predicted molar refractivity (Wildman–Crippen MR) is 69.7 cm³/mol. The lowest BCUT2D eigenvalue weighted by molar-refractivity contribution is -0.128. The molecule has 1 fully saturated rings. The van der Waals surface area contributed by atoms with Crippen molar-refractivity contribution in [3.8, 4) is 0 Å². The summed E-state index contributed by atoms with van der Waals surface area (Å²) < 4.78 is 0. The molecule has 4 N–H and O–H groups in total. The summed E-state index contributed by atoms with van der Waals surface area (Å²) in [5, 5.41) is 5.74. The third kappa shape index (κ3) is 4.24. The van der Waals surface area contributed by atoms with Crippen molar-refractivity contribution in [2.45, 2.75) is 33.1 Å². The van der Waals surface area contributed by atoms with Crippen molar-refractivity contribution in [1.82, 2.24) is 10.6 Å². The van der Waals surface area contributed by atoms with E-state index in [-0.39, 0.29) is 5.91 Å². The summed E-state index contributed by atoms with van der Waals surface area (Å²) in [6, 6.07) is 0. The summed E-state index contributed by atoms with van der Waals surface area (Å²) in [5.41, 5.74) is 5.24. The van der Waals surface area contributed by atoms with Crippen LogP contribution in [-0.4, -0.2) is 32.0 Å². The van der Waals surface area contributed by atoms with Gasteiger partial charge in [-0.25, -0.2) is 0 Å². The molecule has 98 valence electrons.